The highest BCUT2D eigenvalue weighted by atomic mass is 79.9. The smallest absolute Gasteiger partial charge is 0.216 e. The van der Waals surface area contributed by atoms with Gasteiger partial charge in [-0.3, -0.25) is 0 Å². The summed E-state index contributed by atoms with van der Waals surface area (Å²) in [4.78, 5) is 0.347. The van der Waals surface area contributed by atoms with Crippen LogP contribution in [0.1, 0.15) is 26.2 Å². The first-order valence-electron chi connectivity index (χ1n) is 5.61. The second-order valence-corrected chi connectivity index (χ2v) is 8.13. The van der Waals surface area contributed by atoms with Crippen molar-refractivity contribution in [2.75, 3.05) is 26.8 Å². The number of ether oxygens (including phenoxy) is 1. The zero-order valence-corrected chi connectivity index (χ0v) is 12.3. The zero-order chi connectivity index (χ0) is 12.2. The van der Waals surface area contributed by atoms with E-state index in [1.807, 2.05) is 6.92 Å². The highest BCUT2D eigenvalue weighted by molar-refractivity contribution is 9.09. The summed E-state index contributed by atoms with van der Waals surface area (Å²) in [5, 5.41) is -0.253. The van der Waals surface area contributed by atoms with Crippen molar-refractivity contribution in [1.29, 1.82) is 0 Å². The molecule has 1 heterocycles. The van der Waals surface area contributed by atoms with Crippen molar-refractivity contribution in [1.82, 2.24) is 4.31 Å². The monoisotopic (exact) mass is 313 g/mol. The first-order chi connectivity index (χ1) is 7.44. The van der Waals surface area contributed by atoms with Gasteiger partial charge in [0.25, 0.3) is 0 Å². The molecular weight excluding hydrogens is 294 g/mol. The number of nitrogens with zero attached hydrogens (tertiary/aromatic N) is 1. The van der Waals surface area contributed by atoms with Crippen LogP contribution in [0.4, 0.5) is 0 Å². The quantitative estimate of drug-likeness (QED) is 0.724. The average Bonchev–Trinajstić information content (AvgIpc) is 2.27. The zero-order valence-electron chi connectivity index (χ0n) is 9.86. The van der Waals surface area contributed by atoms with Gasteiger partial charge in [0.2, 0.25) is 10.0 Å². The van der Waals surface area contributed by atoms with Crippen LogP contribution in [0.2, 0.25) is 0 Å². The standard InChI is InChI=1S/C10H20BrNO3S/c1-9(11)3-6-12(2)16(13,14)10-4-7-15-8-5-10/h9-10H,3-8H2,1-2H3. The summed E-state index contributed by atoms with van der Waals surface area (Å²) >= 11 is 3.42. The molecule has 0 aromatic carbocycles. The molecule has 1 unspecified atom stereocenters. The lowest BCUT2D eigenvalue weighted by Gasteiger charge is -2.27. The second kappa shape index (κ2) is 6.33. The number of hydrogen-bond acceptors (Lipinski definition) is 3. The van der Waals surface area contributed by atoms with E-state index in [0.717, 1.165) is 6.42 Å². The van der Waals surface area contributed by atoms with Crippen LogP contribution in [0.15, 0.2) is 0 Å². The van der Waals surface area contributed by atoms with Crippen molar-refractivity contribution in [2.45, 2.75) is 36.3 Å². The molecule has 0 aliphatic carbocycles. The van der Waals surface area contributed by atoms with Crippen molar-refractivity contribution in [2.24, 2.45) is 0 Å². The van der Waals surface area contributed by atoms with Crippen LogP contribution in [0.5, 0.6) is 0 Å². The van der Waals surface area contributed by atoms with Crippen LogP contribution in [-0.4, -0.2) is 49.6 Å². The van der Waals surface area contributed by atoms with Gasteiger partial charge in [0.1, 0.15) is 0 Å². The van der Waals surface area contributed by atoms with Gasteiger partial charge >= 0.3 is 0 Å². The van der Waals surface area contributed by atoms with Gasteiger partial charge < -0.3 is 4.74 Å². The van der Waals surface area contributed by atoms with E-state index in [2.05, 4.69) is 15.9 Å². The van der Waals surface area contributed by atoms with Crippen molar-refractivity contribution in [3.05, 3.63) is 0 Å². The largest absolute Gasteiger partial charge is 0.381 e. The van der Waals surface area contributed by atoms with Gasteiger partial charge in [-0.15, -0.1) is 0 Å². The minimum Gasteiger partial charge on any atom is -0.381 e. The van der Waals surface area contributed by atoms with Gasteiger partial charge in [-0.05, 0) is 19.3 Å². The van der Waals surface area contributed by atoms with E-state index < -0.39 is 10.0 Å². The van der Waals surface area contributed by atoms with Crippen molar-refractivity contribution < 1.29 is 13.2 Å². The third kappa shape index (κ3) is 3.98. The van der Waals surface area contributed by atoms with Gasteiger partial charge in [0, 0.05) is 31.6 Å². The van der Waals surface area contributed by atoms with Gasteiger partial charge in [0.05, 0.1) is 5.25 Å². The molecule has 1 aliphatic heterocycles. The Hall–Kier alpha value is 0.350. The van der Waals surface area contributed by atoms with Crippen LogP contribution in [-0.2, 0) is 14.8 Å². The number of alkyl halides is 1. The summed E-state index contributed by atoms with van der Waals surface area (Å²) < 4.78 is 31.0. The lowest BCUT2D eigenvalue weighted by atomic mass is 10.2. The molecule has 0 saturated carbocycles. The molecule has 0 spiro atoms. The van der Waals surface area contributed by atoms with Crippen LogP contribution >= 0.6 is 15.9 Å². The molecular formula is C10H20BrNO3S. The third-order valence-corrected chi connectivity index (χ3v) is 5.69. The maximum Gasteiger partial charge on any atom is 0.216 e. The Balaban J connectivity index is 2.54. The Morgan fingerprint density at radius 3 is 2.50 bits per heavy atom. The predicted octanol–water partition coefficient (Wildman–Crippen LogP) is 1.60. The molecule has 1 rings (SSSR count). The highest BCUT2D eigenvalue weighted by Crippen LogP contribution is 2.19. The van der Waals surface area contributed by atoms with E-state index in [1.165, 1.54) is 4.31 Å². The number of rotatable bonds is 5. The highest BCUT2D eigenvalue weighted by Gasteiger charge is 2.31. The molecule has 0 amide bonds. The minimum atomic E-state index is -3.13. The molecule has 1 fully saturated rings. The van der Waals surface area contributed by atoms with Crippen LogP contribution in [0, 0.1) is 0 Å². The Bertz CT molecular complexity index is 299. The number of hydrogen-bond donors (Lipinski definition) is 0. The van der Waals surface area contributed by atoms with Gasteiger partial charge in [0.15, 0.2) is 0 Å². The molecule has 4 nitrogen and oxygen atoms in total. The normalized spacial score (nSPS) is 21.2. The Kier molecular flexibility index (Phi) is 5.70. The molecule has 1 atom stereocenters. The van der Waals surface area contributed by atoms with Crippen LogP contribution in [0.25, 0.3) is 0 Å². The molecule has 6 heteroatoms. The fourth-order valence-electron chi connectivity index (χ4n) is 1.72. The van der Waals surface area contributed by atoms with E-state index in [1.54, 1.807) is 7.05 Å². The van der Waals surface area contributed by atoms with Gasteiger partial charge in [-0.1, -0.05) is 22.9 Å². The minimum absolute atomic E-state index is 0.253. The summed E-state index contributed by atoms with van der Waals surface area (Å²) in [5.41, 5.74) is 0. The van der Waals surface area contributed by atoms with E-state index in [0.29, 0.717) is 37.4 Å². The molecule has 96 valence electrons. The molecule has 0 radical (unpaired) electrons. The SMILES string of the molecule is CC(Br)CCN(C)S(=O)(=O)C1CCOCC1. The lowest BCUT2D eigenvalue weighted by Crippen LogP contribution is -2.40. The molecule has 1 saturated heterocycles. The lowest BCUT2D eigenvalue weighted by molar-refractivity contribution is 0.0974. The Morgan fingerprint density at radius 2 is 2.00 bits per heavy atom. The first-order valence-corrected chi connectivity index (χ1v) is 8.03. The van der Waals surface area contributed by atoms with E-state index in [9.17, 15) is 8.42 Å². The van der Waals surface area contributed by atoms with Crippen LogP contribution < -0.4 is 0 Å². The third-order valence-electron chi connectivity index (χ3n) is 2.87. The average molecular weight is 314 g/mol. The molecule has 0 N–H and O–H groups in total. The van der Waals surface area contributed by atoms with Crippen molar-refractivity contribution in [3.63, 3.8) is 0 Å². The Labute approximate surface area is 107 Å². The van der Waals surface area contributed by atoms with E-state index in [4.69, 9.17) is 4.74 Å². The maximum atomic E-state index is 12.2. The first kappa shape index (κ1) is 14.4. The summed E-state index contributed by atoms with van der Waals surface area (Å²) in [6, 6.07) is 0. The van der Waals surface area contributed by atoms with Crippen molar-refractivity contribution in [3.8, 4) is 0 Å². The van der Waals surface area contributed by atoms with Crippen molar-refractivity contribution >= 4 is 26.0 Å². The maximum absolute atomic E-state index is 12.2. The second-order valence-electron chi connectivity index (χ2n) is 4.25. The molecule has 0 aromatic rings. The molecule has 1 aliphatic rings. The molecule has 0 bridgehead atoms. The summed E-state index contributed by atoms with van der Waals surface area (Å²) in [6.45, 7) is 3.72. The number of halogens is 1. The fourth-order valence-corrected chi connectivity index (χ4v) is 3.58. The Morgan fingerprint density at radius 1 is 1.44 bits per heavy atom. The number of sulfonamides is 1. The predicted molar refractivity (Wildman–Crippen MR) is 68.4 cm³/mol. The van der Waals surface area contributed by atoms with Gasteiger partial charge in [-0.2, -0.15) is 0 Å². The van der Waals surface area contributed by atoms with Crippen LogP contribution in [0.3, 0.4) is 0 Å². The summed E-state index contributed by atoms with van der Waals surface area (Å²) in [7, 11) is -1.46. The van der Waals surface area contributed by atoms with E-state index in [-0.39, 0.29) is 5.25 Å². The van der Waals surface area contributed by atoms with E-state index >= 15 is 0 Å². The van der Waals surface area contributed by atoms with Gasteiger partial charge in [-0.25, -0.2) is 12.7 Å². The molecule has 16 heavy (non-hydrogen) atoms. The summed E-state index contributed by atoms with van der Waals surface area (Å²) in [6.07, 6.45) is 2.08. The fraction of sp³-hybridized carbons (Fsp3) is 1.00. The molecule has 0 aromatic heterocycles. The summed E-state index contributed by atoms with van der Waals surface area (Å²) in [5.74, 6) is 0. The topological polar surface area (TPSA) is 46.6 Å².